The van der Waals surface area contributed by atoms with E-state index in [-0.39, 0.29) is 13.2 Å². The van der Waals surface area contributed by atoms with Crippen LogP contribution in [-0.2, 0) is 9.59 Å². The lowest BCUT2D eigenvalue weighted by atomic mass is 9.88. The van der Waals surface area contributed by atoms with Gasteiger partial charge in [0.25, 0.3) is 0 Å². The number of carbonyl (C=O) groups is 2. The lowest BCUT2D eigenvalue weighted by Gasteiger charge is -2.18. The highest BCUT2D eigenvalue weighted by atomic mass is 16.3. The van der Waals surface area contributed by atoms with E-state index in [0.717, 1.165) is 0 Å². The molecule has 0 aromatic carbocycles. The Balaban J connectivity index is 3.97. The minimum Gasteiger partial charge on any atom is -0.395 e. The summed E-state index contributed by atoms with van der Waals surface area (Å²) in [5.74, 6) is -0.968. The number of amides is 2. The van der Waals surface area contributed by atoms with Gasteiger partial charge in [-0.25, -0.2) is 0 Å². The summed E-state index contributed by atoms with van der Waals surface area (Å²) in [4.78, 5) is 21.8. The van der Waals surface area contributed by atoms with Crippen molar-refractivity contribution in [1.29, 1.82) is 0 Å². The topological polar surface area (TPSA) is 92.4 Å². The molecule has 0 spiro atoms. The second-order valence-corrected chi connectivity index (χ2v) is 3.24. The Bertz CT molecular complexity index is 202. The zero-order chi connectivity index (χ0) is 10.5. The minimum atomic E-state index is -0.959. The molecule has 13 heavy (non-hydrogen) atoms. The number of nitrogens with one attached hydrogen (secondary N) is 1. The summed E-state index contributed by atoms with van der Waals surface area (Å²) in [6.07, 6.45) is 1.20. The number of hydrogen-bond donors (Lipinski definition) is 3. The van der Waals surface area contributed by atoms with Crippen LogP contribution in [0.1, 0.15) is 13.8 Å². The predicted octanol–water partition coefficient (Wildman–Crippen LogP) is -1.19. The molecule has 0 atom stereocenters. The quantitative estimate of drug-likeness (QED) is 0.505. The lowest BCUT2D eigenvalue weighted by Crippen LogP contribution is -2.38. The van der Waals surface area contributed by atoms with Crippen molar-refractivity contribution < 1.29 is 14.7 Å². The number of nitrogens with two attached hydrogens (primary N) is 1. The molecule has 0 heterocycles. The molecule has 0 aliphatic rings. The number of primary amides is 1. The minimum absolute atomic E-state index is 0.128. The summed E-state index contributed by atoms with van der Waals surface area (Å²) >= 11 is 0. The Kier molecular flexibility index (Phi) is 4.40. The third-order valence-corrected chi connectivity index (χ3v) is 1.54. The highest BCUT2D eigenvalue weighted by Crippen LogP contribution is 2.17. The fourth-order valence-electron chi connectivity index (χ4n) is 0.629. The largest absolute Gasteiger partial charge is 0.395 e. The van der Waals surface area contributed by atoms with Gasteiger partial charge in [-0.15, -0.1) is 0 Å². The Labute approximate surface area is 77.3 Å². The number of aliphatic hydroxyl groups is 1. The van der Waals surface area contributed by atoms with Gasteiger partial charge in [-0.05, 0) is 0 Å². The van der Waals surface area contributed by atoms with Gasteiger partial charge >= 0.3 is 0 Å². The summed E-state index contributed by atoms with van der Waals surface area (Å²) in [7, 11) is 0. The van der Waals surface area contributed by atoms with Crippen LogP contribution in [-0.4, -0.2) is 30.1 Å². The Morgan fingerprint density at radius 2 is 2.08 bits per heavy atom. The van der Waals surface area contributed by atoms with Gasteiger partial charge in [0, 0.05) is 6.54 Å². The molecule has 0 saturated heterocycles. The number of hydrogen-bond acceptors (Lipinski definition) is 3. The van der Waals surface area contributed by atoms with Gasteiger partial charge in [0.05, 0.1) is 18.4 Å². The van der Waals surface area contributed by atoms with Crippen molar-refractivity contribution in [2.45, 2.75) is 13.8 Å². The van der Waals surface area contributed by atoms with Crippen LogP contribution in [0.2, 0.25) is 0 Å². The lowest BCUT2D eigenvalue weighted by molar-refractivity contribution is -0.128. The Morgan fingerprint density at radius 3 is 2.46 bits per heavy atom. The molecule has 0 fully saturated rings. The fraction of sp³-hybridized carbons (Fsp3) is 0.625. The third-order valence-electron chi connectivity index (χ3n) is 1.54. The molecule has 0 aromatic rings. The summed E-state index contributed by atoms with van der Waals surface area (Å²) < 4.78 is 0. The van der Waals surface area contributed by atoms with Crippen LogP contribution in [0.25, 0.3) is 0 Å². The molecular weight excluding hydrogens is 172 g/mol. The van der Waals surface area contributed by atoms with Crippen molar-refractivity contribution in [3.05, 3.63) is 6.42 Å². The van der Waals surface area contributed by atoms with E-state index in [0.29, 0.717) is 0 Å². The average Bonchev–Trinajstić information content (AvgIpc) is 1.99. The molecule has 2 amide bonds. The molecule has 0 aliphatic carbocycles. The van der Waals surface area contributed by atoms with E-state index < -0.39 is 17.2 Å². The summed E-state index contributed by atoms with van der Waals surface area (Å²) in [6.45, 7) is 3.14. The van der Waals surface area contributed by atoms with Crippen molar-refractivity contribution >= 4 is 11.8 Å². The maximum Gasteiger partial charge on any atom is 0.225 e. The first-order chi connectivity index (χ1) is 5.90. The van der Waals surface area contributed by atoms with Crippen LogP contribution in [0.15, 0.2) is 0 Å². The molecule has 0 bridgehead atoms. The van der Waals surface area contributed by atoms with Gasteiger partial charge in [0.2, 0.25) is 11.8 Å². The predicted molar refractivity (Wildman–Crippen MR) is 47.4 cm³/mol. The van der Waals surface area contributed by atoms with Crippen LogP contribution in [0.4, 0.5) is 0 Å². The van der Waals surface area contributed by atoms with E-state index in [1.165, 1.54) is 6.42 Å². The van der Waals surface area contributed by atoms with Crippen LogP contribution < -0.4 is 11.1 Å². The van der Waals surface area contributed by atoms with Gasteiger partial charge in [0.15, 0.2) is 0 Å². The van der Waals surface area contributed by atoms with Gasteiger partial charge in [-0.3, -0.25) is 9.59 Å². The van der Waals surface area contributed by atoms with E-state index >= 15 is 0 Å². The second-order valence-electron chi connectivity index (χ2n) is 3.24. The number of rotatable bonds is 5. The fourth-order valence-corrected chi connectivity index (χ4v) is 0.629. The standard InChI is InChI=1S/C8H15N2O3/c1-8(2,7(9)13)5-6(12)10-3-4-11/h5,11H,3-4H2,1-2H3,(H2,9,13)(H,10,12). The third kappa shape index (κ3) is 4.47. The first-order valence-electron chi connectivity index (χ1n) is 3.94. The van der Waals surface area contributed by atoms with Crippen molar-refractivity contribution in [3.8, 4) is 0 Å². The molecule has 0 unspecified atom stereocenters. The monoisotopic (exact) mass is 187 g/mol. The van der Waals surface area contributed by atoms with Crippen LogP contribution in [0, 0.1) is 11.8 Å². The summed E-state index contributed by atoms with van der Waals surface area (Å²) in [5.41, 5.74) is 4.09. The highest BCUT2D eigenvalue weighted by molar-refractivity contribution is 5.94. The molecule has 0 rings (SSSR count). The Morgan fingerprint density at radius 1 is 1.54 bits per heavy atom. The van der Waals surface area contributed by atoms with Crippen molar-refractivity contribution in [2.75, 3.05) is 13.2 Å². The van der Waals surface area contributed by atoms with E-state index in [4.69, 9.17) is 10.8 Å². The van der Waals surface area contributed by atoms with E-state index in [2.05, 4.69) is 5.32 Å². The first-order valence-corrected chi connectivity index (χ1v) is 3.94. The first kappa shape index (κ1) is 11.9. The van der Waals surface area contributed by atoms with Crippen molar-refractivity contribution in [1.82, 2.24) is 5.32 Å². The molecule has 0 aromatic heterocycles. The maximum atomic E-state index is 11.0. The molecule has 5 heteroatoms. The summed E-state index contributed by atoms with van der Waals surface area (Å²) in [6, 6.07) is 0. The average molecular weight is 187 g/mol. The summed E-state index contributed by atoms with van der Waals surface area (Å²) in [5, 5.41) is 10.8. The van der Waals surface area contributed by atoms with Gasteiger partial charge in [-0.2, -0.15) is 0 Å². The molecular formula is C8H15N2O3. The maximum absolute atomic E-state index is 11.0. The number of aliphatic hydroxyl groups excluding tert-OH is 1. The molecule has 5 nitrogen and oxygen atoms in total. The smallest absolute Gasteiger partial charge is 0.225 e. The zero-order valence-corrected chi connectivity index (χ0v) is 7.83. The SMILES string of the molecule is CC(C)([CH]C(=O)NCCO)C(N)=O. The Hall–Kier alpha value is -1.10. The van der Waals surface area contributed by atoms with Crippen molar-refractivity contribution in [3.63, 3.8) is 0 Å². The zero-order valence-electron chi connectivity index (χ0n) is 7.83. The number of carbonyl (C=O) groups excluding carboxylic acids is 2. The van der Waals surface area contributed by atoms with Crippen LogP contribution >= 0.6 is 0 Å². The molecule has 75 valence electrons. The second kappa shape index (κ2) is 4.81. The van der Waals surface area contributed by atoms with Crippen LogP contribution in [0.3, 0.4) is 0 Å². The molecule has 1 radical (unpaired) electrons. The van der Waals surface area contributed by atoms with Gasteiger partial charge in [-0.1, -0.05) is 13.8 Å². The molecule has 4 N–H and O–H groups in total. The molecule has 0 saturated carbocycles. The van der Waals surface area contributed by atoms with Crippen LogP contribution in [0.5, 0.6) is 0 Å². The van der Waals surface area contributed by atoms with Gasteiger partial charge < -0.3 is 16.2 Å². The van der Waals surface area contributed by atoms with Crippen molar-refractivity contribution in [2.24, 2.45) is 11.1 Å². The van der Waals surface area contributed by atoms with Gasteiger partial charge in [0.1, 0.15) is 0 Å². The highest BCUT2D eigenvalue weighted by Gasteiger charge is 2.28. The molecule has 0 aliphatic heterocycles. The van der Waals surface area contributed by atoms with E-state index in [1.54, 1.807) is 13.8 Å². The normalized spacial score (nSPS) is 11.0. The van der Waals surface area contributed by atoms with E-state index in [9.17, 15) is 9.59 Å². The van der Waals surface area contributed by atoms with E-state index in [1.807, 2.05) is 0 Å².